The van der Waals surface area contributed by atoms with Gasteiger partial charge in [-0.15, -0.1) is 0 Å². The fraction of sp³-hybridized carbons (Fsp3) is 0.400. The summed E-state index contributed by atoms with van der Waals surface area (Å²) in [5, 5.41) is 12.1. The fourth-order valence-corrected chi connectivity index (χ4v) is 4.94. The molecule has 3 aromatic rings. The number of rotatable bonds is 3. The lowest BCUT2D eigenvalue weighted by Gasteiger charge is -2.31. The molecule has 6 heteroatoms. The third-order valence-electron chi connectivity index (χ3n) is 6.85. The van der Waals surface area contributed by atoms with Gasteiger partial charge in [-0.2, -0.15) is 0 Å². The average Bonchev–Trinajstić information content (AvgIpc) is 3.13. The Hall–Kier alpha value is -2.99. The van der Waals surface area contributed by atoms with Crippen molar-refractivity contribution >= 4 is 16.9 Å². The molecule has 5 rings (SSSR count). The lowest BCUT2D eigenvalue weighted by Crippen LogP contribution is -2.44. The monoisotopic (exact) mass is 418 g/mol. The van der Waals surface area contributed by atoms with E-state index in [0.29, 0.717) is 29.3 Å². The molecule has 2 aliphatic rings. The molecular weight excluding hydrogens is 392 g/mol. The molecule has 0 radical (unpaired) electrons. The summed E-state index contributed by atoms with van der Waals surface area (Å²) in [6.07, 6.45) is 0.962. The van der Waals surface area contributed by atoms with Crippen LogP contribution in [0.2, 0.25) is 0 Å². The molecule has 1 atom stereocenters. The summed E-state index contributed by atoms with van der Waals surface area (Å²) in [5.74, 6) is -0.287. The fourth-order valence-electron chi connectivity index (χ4n) is 4.94. The van der Waals surface area contributed by atoms with Gasteiger partial charge in [0.05, 0.1) is 29.0 Å². The molecule has 0 amide bonds. The molecule has 0 unspecified atom stereocenters. The van der Waals surface area contributed by atoms with Crippen molar-refractivity contribution in [2.45, 2.75) is 65.2 Å². The quantitative estimate of drug-likeness (QED) is 0.512. The maximum absolute atomic E-state index is 13.4. The normalized spacial score (nSPS) is 19.4. The summed E-state index contributed by atoms with van der Waals surface area (Å²) >= 11 is 0. The highest BCUT2D eigenvalue weighted by molar-refractivity contribution is 5.89. The van der Waals surface area contributed by atoms with E-state index in [2.05, 4.69) is 32.9 Å². The largest absolute Gasteiger partial charge is 0.458 e. The Labute approximate surface area is 180 Å². The number of ether oxygens (including phenoxy) is 1. The standard InChI is InChI=1S/C25H26N2O4/c1-5-15-16-9-14(13(3)4)7-8-20(16)26-22-17(15)11-27-21(22)10-19-18(23(27)28)12-31-24(29)25(19,30)6-2/h7-10,13,30H,5-6,11-12H2,1-4H3/t25-/m0/s1. The van der Waals surface area contributed by atoms with Crippen molar-refractivity contribution < 1.29 is 14.6 Å². The molecule has 0 fully saturated rings. The number of carbonyl (C=O) groups excluding carboxylic acids is 1. The van der Waals surface area contributed by atoms with Gasteiger partial charge in [-0.05, 0) is 48.1 Å². The van der Waals surface area contributed by atoms with Crippen molar-refractivity contribution in [1.29, 1.82) is 0 Å². The summed E-state index contributed by atoms with van der Waals surface area (Å²) in [4.78, 5) is 30.6. The van der Waals surface area contributed by atoms with Gasteiger partial charge in [0.15, 0.2) is 5.60 Å². The highest BCUT2D eigenvalue weighted by Gasteiger charge is 2.45. The van der Waals surface area contributed by atoms with Crippen LogP contribution in [0, 0.1) is 0 Å². The maximum Gasteiger partial charge on any atom is 0.343 e. The van der Waals surface area contributed by atoms with E-state index >= 15 is 0 Å². The van der Waals surface area contributed by atoms with Crippen molar-refractivity contribution in [2.75, 3.05) is 0 Å². The number of fused-ring (bicyclic) bond motifs is 5. The van der Waals surface area contributed by atoms with Gasteiger partial charge in [0.2, 0.25) is 0 Å². The van der Waals surface area contributed by atoms with Crippen LogP contribution in [0.25, 0.3) is 22.3 Å². The van der Waals surface area contributed by atoms with Gasteiger partial charge in [-0.3, -0.25) is 4.79 Å². The predicted molar refractivity (Wildman–Crippen MR) is 118 cm³/mol. The smallest absolute Gasteiger partial charge is 0.343 e. The van der Waals surface area contributed by atoms with Crippen LogP contribution in [-0.4, -0.2) is 20.6 Å². The van der Waals surface area contributed by atoms with E-state index in [1.807, 2.05) is 6.07 Å². The molecule has 0 spiro atoms. The molecule has 2 aliphatic heterocycles. The molecule has 0 aliphatic carbocycles. The molecule has 4 heterocycles. The molecule has 0 saturated carbocycles. The first-order valence-corrected chi connectivity index (χ1v) is 10.9. The number of nitrogens with zero attached hydrogens (tertiary/aromatic N) is 2. The Morgan fingerprint density at radius 3 is 2.65 bits per heavy atom. The topological polar surface area (TPSA) is 81.4 Å². The minimum atomic E-state index is -1.80. The molecule has 31 heavy (non-hydrogen) atoms. The number of esters is 1. The van der Waals surface area contributed by atoms with Crippen LogP contribution in [0.1, 0.15) is 67.9 Å². The van der Waals surface area contributed by atoms with Crippen LogP contribution in [0.3, 0.4) is 0 Å². The van der Waals surface area contributed by atoms with Gasteiger partial charge >= 0.3 is 5.97 Å². The van der Waals surface area contributed by atoms with Gasteiger partial charge in [-0.25, -0.2) is 9.78 Å². The number of carbonyl (C=O) groups is 1. The van der Waals surface area contributed by atoms with Crippen LogP contribution in [0.5, 0.6) is 0 Å². The summed E-state index contributed by atoms with van der Waals surface area (Å²) in [5.41, 5.74) is 4.49. The molecule has 160 valence electrons. The van der Waals surface area contributed by atoms with E-state index in [-0.39, 0.29) is 18.6 Å². The van der Waals surface area contributed by atoms with Crippen LogP contribution in [-0.2, 0) is 34.7 Å². The number of pyridine rings is 2. The van der Waals surface area contributed by atoms with E-state index in [0.717, 1.165) is 28.6 Å². The second-order valence-corrected chi connectivity index (χ2v) is 8.81. The van der Waals surface area contributed by atoms with Crippen LogP contribution >= 0.6 is 0 Å². The van der Waals surface area contributed by atoms with E-state index in [4.69, 9.17) is 9.72 Å². The number of benzene rings is 1. The van der Waals surface area contributed by atoms with Crippen molar-refractivity contribution in [3.05, 3.63) is 62.4 Å². The second-order valence-electron chi connectivity index (χ2n) is 8.81. The number of hydrogen-bond acceptors (Lipinski definition) is 5. The number of aliphatic hydroxyl groups is 1. The lowest BCUT2D eigenvalue weighted by molar-refractivity contribution is -0.172. The zero-order valence-electron chi connectivity index (χ0n) is 18.3. The molecule has 1 N–H and O–H groups in total. The Morgan fingerprint density at radius 1 is 1.19 bits per heavy atom. The lowest BCUT2D eigenvalue weighted by atomic mass is 9.86. The average molecular weight is 418 g/mol. The molecule has 0 saturated heterocycles. The van der Waals surface area contributed by atoms with E-state index in [1.165, 1.54) is 11.1 Å². The molecule has 0 bridgehead atoms. The molecular formula is C25H26N2O4. The minimum absolute atomic E-state index is 0.111. The van der Waals surface area contributed by atoms with Gasteiger partial charge < -0.3 is 14.4 Å². The van der Waals surface area contributed by atoms with Crippen LogP contribution in [0.15, 0.2) is 29.1 Å². The zero-order valence-corrected chi connectivity index (χ0v) is 18.3. The number of aromatic nitrogens is 2. The summed E-state index contributed by atoms with van der Waals surface area (Å²) in [7, 11) is 0. The van der Waals surface area contributed by atoms with Gasteiger partial charge in [0.25, 0.3) is 5.56 Å². The van der Waals surface area contributed by atoms with E-state index in [9.17, 15) is 14.7 Å². The Bertz CT molecular complexity index is 1320. The number of aryl methyl sites for hydroxylation is 1. The maximum atomic E-state index is 13.4. The van der Waals surface area contributed by atoms with Crippen LogP contribution in [0.4, 0.5) is 0 Å². The molecule has 6 nitrogen and oxygen atoms in total. The molecule has 1 aromatic carbocycles. The minimum Gasteiger partial charge on any atom is -0.458 e. The third-order valence-corrected chi connectivity index (χ3v) is 6.85. The van der Waals surface area contributed by atoms with Gasteiger partial charge in [0.1, 0.15) is 6.61 Å². The van der Waals surface area contributed by atoms with Crippen molar-refractivity contribution in [1.82, 2.24) is 9.55 Å². The second kappa shape index (κ2) is 6.76. The zero-order chi connectivity index (χ0) is 22.1. The summed E-state index contributed by atoms with van der Waals surface area (Å²) in [6, 6.07) is 8.13. The first-order valence-electron chi connectivity index (χ1n) is 10.9. The van der Waals surface area contributed by atoms with E-state index in [1.54, 1.807) is 17.6 Å². The summed E-state index contributed by atoms with van der Waals surface area (Å²) < 4.78 is 6.86. The SMILES string of the molecule is CCc1c2c(nc3ccc(C(C)C)cc13)-c1cc3c(c(=O)n1C2)COC(=O)[C@]3(O)CC. The number of cyclic esters (lactones) is 1. The summed E-state index contributed by atoms with van der Waals surface area (Å²) in [6.45, 7) is 8.50. The first kappa shape index (κ1) is 19.9. The van der Waals surface area contributed by atoms with Crippen molar-refractivity contribution in [3.63, 3.8) is 0 Å². The highest BCUT2D eigenvalue weighted by atomic mass is 16.6. The Kier molecular flexibility index (Phi) is 4.35. The Morgan fingerprint density at radius 2 is 1.97 bits per heavy atom. The molecule has 2 aromatic heterocycles. The van der Waals surface area contributed by atoms with Crippen LogP contribution < -0.4 is 5.56 Å². The third kappa shape index (κ3) is 2.64. The van der Waals surface area contributed by atoms with Gasteiger partial charge in [-0.1, -0.05) is 33.8 Å². The predicted octanol–water partition coefficient (Wildman–Crippen LogP) is 3.77. The van der Waals surface area contributed by atoms with Crippen molar-refractivity contribution in [2.24, 2.45) is 0 Å². The Balaban J connectivity index is 1.80. The first-order chi connectivity index (χ1) is 14.8. The number of hydrogen-bond donors (Lipinski definition) is 1. The highest BCUT2D eigenvalue weighted by Crippen LogP contribution is 2.40. The van der Waals surface area contributed by atoms with Crippen molar-refractivity contribution in [3.8, 4) is 11.4 Å². The van der Waals surface area contributed by atoms with Gasteiger partial charge in [0, 0.05) is 16.5 Å². The van der Waals surface area contributed by atoms with E-state index < -0.39 is 11.6 Å².